The first-order chi connectivity index (χ1) is 10.1. The Balaban J connectivity index is 2.19. The molecule has 0 amide bonds. The molecule has 2 rings (SSSR count). The van der Waals surface area contributed by atoms with Gasteiger partial charge < -0.3 is 14.3 Å². The van der Waals surface area contributed by atoms with E-state index in [0.29, 0.717) is 22.9 Å². The third-order valence-corrected chi connectivity index (χ3v) is 2.69. The van der Waals surface area contributed by atoms with E-state index < -0.39 is 5.97 Å². The van der Waals surface area contributed by atoms with E-state index in [-0.39, 0.29) is 18.4 Å². The molecule has 0 aromatic carbocycles. The maximum absolute atomic E-state index is 11.2. The number of carbonyl (C=O) groups excluding carboxylic acids is 1. The van der Waals surface area contributed by atoms with Gasteiger partial charge in [0, 0.05) is 12.3 Å². The van der Waals surface area contributed by atoms with Crippen molar-refractivity contribution < 1.29 is 19.1 Å². The number of hydrogen-bond donors (Lipinski definition) is 1. The van der Waals surface area contributed by atoms with Crippen LogP contribution in [0.15, 0.2) is 22.8 Å². The number of carbonyl (C=O) groups is 1. The monoisotopic (exact) mass is 309 g/mol. The Morgan fingerprint density at radius 1 is 1.52 bits per heavy atom. The lowest BCUT2D eigenvalue weighted by atomic mass is 10.2. The fourth-order valence-corrected chi connectivity index (χ4v) is 1.69. The first kappa shape index (κ1) is 15.1. The highest BCUT2D eigenvalue weighted by atomic mass is 35.5. The van der Waals surface area contributed by atoms with Crippen LogP contribution in [0.5, 0.6) is 0 Å². The molecular weight excluding hydrogens is 298 g/mol. The van der Waals surface area contributed by atoms with E-state index in [2.05, 4.69) is 15.2 Å². The highest BCUT2D eigenvalue weighted by Crippen LogP contribution is 2.23. The molecule has 2 aromatic rings. The lowest BCUT2D eigenvalue weighted by molar-refractivity contribution is -0.137. The SMILES string of the molecule is CCOC(=O)/C=C/c1ncc(-c2nnc(CO)o2)cc1Cl. The third-order valence-electron chi connectivity index (χ3n) is 2.38. The molecule has 110 valence electrons. The quantitative estimate of drug-likeness (QED) is 0.664. The van der Waals surface area contributed by atoms with Gasteiger partial charge in [-0.1, -0.05) is 11.6 Å². The van der Waals surface area contributed by atoms with E-state index >= 15 is 0 Å². The van der Waals surface area contributed by atoms with Crippen molar-refractivity contribution in [3.05, 3.63) is 34.9 Å². The van der Waals surface area contributed by atoms with E-state index in [1.807, 2.05) is 0 Å². The highest BCUT2D eigenvalue weighted by Gasteiger charge is 2.10. The zero-order chi connectivity index (χ0) is 15.2. The van der Waals surface area contributed by atoms with Gasteiger partial charge in [0.15, 0.2) is 0 Å². The zero-order valence-electron chi connectivity index (χ0n) is 11.1. The molecule has 0 unspecified atom stereocenters. The van der Waals surface area contributed by atoms with Gasteiger partial charge in [-0.3, -0.25) is 4.98 Å². The predicted octanol–water partition coefficient (Wildman–Crippen LogP) is 1.85. The summed E-state index contributed by atoms with van der Waals surface area (Å²) in [5, 5.41) is 16.6. The second-order valence-electron chi connectivity index (χ2n) is 3.84. The van der Waals surface area contributed by atoms with E-state index in [0.717, 1.165) is 0 Å². The zero-order valence-corrected chi connectivity index (χ0v) is 11.9. The van der Waals surface area contributed by atoms with Crippen molar-refractivity contribution in [3.63, 3.8) is 0 Å². The van der Waals surface area contributed by atoms with E-state index in [4.69, 9.17) is 25.9 Å². The molecule has 0 saturated carbocycles. The Morgan fingerprint density at radius 3 is 2.95 bits per heavy atom. The lowest BCUT2D eigenvalue weighted by Gasteiger charge is -2.00. The number of hydrogen-bond acceptors (Lipinski definition) is 7. The van der Waals surface area contributed by atoms with Gasteiger partial charge >= 0.3 is 5.97 Å². The van der Waals surface area contributed by atoms with Crippen LogP contribution in [0.3, 0.4) is 0 Å². The van der Waals surface area contributed by atoms with Crippen molar-refractivity contribution in [2.24, 2.45) is 0 Å². The maximum atomic E-state index is 11.2. The van der Waals surface area contributed by atoms with Gasteiger partial charge in [-0.25, -0.2) is 4.79 Å². The van der Waals surface area contributed by atoms with Gasteiger partial charge in [0.1, 0.15) is 6.61 Å². The third kappa shape index (κ3) is 3.87. The van der Waals surface area contributed by atoms with Gasteiger partial charge in [-0.2, -0.15) is 0 Å². The van der Waals surface area contributed by atoms with Crippen LogP contribution >= 0.6 is 11.6 Å². The Kier molecular flexibility index (Phi) is 5.02. The van der Waals surface area contributed by atoms with Crippen LogP contribution < -0.4 is 0 Å². The van der Waals surface area contributed by atoms with Crippen LogP contribution in [0, 0.1) is 0 Å². The van der Waals surface area contributed by atoms with Crippen LogP contribution in [0.2, 0.25) is 5.02 Å². The number of aromatic nitrogens is 3. The fraction of sp³-hybridized carbons (Fsp3) is 0.231. The molecule has 0 aliphatic carbocycles. The van der Waals surface area contributed by atoms with Crippen LogP contribution in [0.25, 0.3) is 17.5 Å². The van der Waals surface area contributed by atoms with E-state index in [1.54, 1.807) is 13.0 Å². The van der Waals surface area contributed by atoms with Crippen LogP contribution in [-0.2, 0) is 16.1 Å². The predicted molar refractivity (Wildman–Crippen MR) is 74.1 cm³/mol. The van der Waals surface area contributed by atoms with E-state index in [1.165, 1.54) is 18.3 Å². The fourth-order valence-electron chi connectivity index (χ4n) is 1.46. The molecule has 0 fully saturated rings. The molecule has 21 heavy (non-hydrogen) atoms. The first-order valence-corrected chi connectivity index (χ1v) is 6.45. The van der Waals surface area contributed by atoms with Crippen LogP contribution in [0.1, 0.15) is 18.5 Å². The number of rotatable bonds is 5. The second-order valence-corrected chi connectivity index (χ2v) is 4.24. The van der Waals surface area contributed by atoms with Crippen LogP contribution in [0.4, 0.5) is 0 Å². The summed E-state index contributed by atoms with van der Waals surface area (Å²) in [4.78, 5) is 15.3. The molecule has 0 spiro atoms. The molecule has 2 heterocycles. The summed E-state index contributed by atoms with van der Waals surface area (Å²) in [6.07, 6.45) is 4.18. The molecule has 0 atom stereocenters. The number of halogens is 1. The average molecular weight is 310 g/mol. The van der Waals surface area contributed by atoms with Crippen molar-refractivity contribution >= 4 is 23.6 Å². The normalized spacial score (nSPS) is 11.0. The smallest absolute Gasteiger partial charge is 0.330 e. The largest absolute Gasteiger partial charge is 0.463 e. The summed E-state index contributed by atoms with van der Waals surface area (Å²) >= 11 is 6.08. The number of pyridine rings is 1. The standard InChI is InChI=1S/C13H12ClN3O4/c1-2-20-12(19)4-3-10-9(14)5-8(6-15-10)13-17-16-11(7-18)21-13/h3-6,18H,2,7H2,1H3/b4-3+. The molecule has 2 aromatic heterocycles. The number of esters is 1. The number of ether oxygens (including phenoxy) is 1. The second kappa shape index (κ2) is 6.96. The number of nitrogens with zero attached hydrogens (tertiary/aromatic N) is 3. The molecule has 0 bridgehead atoms. The topological polar surface area (TPSA) is 98.3 Å². The van der Waals surface area contributed by atoms with Gasteiger partial charge in [-0.15, -0.1) is 10.2 Å². The van der Waals surface area contributed by atoms with E-state index in [9.17, 15) is 4.79 Å². The molecule has 0 aliphatic rings. The molecule has 0 saturated heterocycles. The Labute approximate surface area is 125 Å². The number of aliphatic hydroxyl groups is 1. The highest BCUT2D eigenvalue weighted by molar-refractivity contribution is 6.32. The maximum Gasteiger partial charge on any atom is 0.330 e. The molecule has 7 nitrogen and oxygen atoms in total. The van der Waals surface area contributed by atoms with Crippen molar-refractivity contribution in [1.29, 1.82) is 0 Å². The lowest BCUT2D eigenvalue weighted by Crippen LogP contribution is -1.99. The van der Waals surface area contributed by atoms with Crippen molar-refractivity contribution in [3.8, 4) is 11.5 Å². The van der Waals surface area contributed by atoms with Gasteiger partial charge in [-0.05, 0) is 19.1 Å². The minimum absolute atomic E-state index is 0.104. The first-order valence-electron chi connectivity index (χ1n) is 6.08. The average Bonchev–Trinajstić information content (AvgIpc) is 2.95. The Morgan fingerprint density at radius 2 is 2.33 bits per heavy atom. The molecule has 0 radical (unpaired) electrons. The summed E-state index contributed by atoms with van der Waals surface area (Å²) in [5.41, 5.74) is 0.927. The van der Waals surface area contributed by atoms with Crippen molar-refractivity contribution in [2.75, 3.05) is 6.61 Å². The van der Waals surface area contributed by atoms with Gasteiger partial charge in [0.25, 0.3) is 0 Å². The Hall–Kier alpha value is -2.25. The minimum atomic E-state index is -0.469. The summed E-state index contributed by atoms with van der Waals surface area (Å²) in [6, 6.07) is 1.58. The summed E-state index contributed by atoms with van der Waals surface area (Å²) in [7, 11) is 0. The molecular formula is C13H12ClN3O4. The molecule has 0 aliphatic heterocycles. The molecule has 8 heteroatoms. The van der Waals surface area contributed by atoms with Gasteiger partial charge in [0.05, 0.1) is 22.9 Å². The Bertz CT molecular complexity index is 669. The molecule has 1 N–H and O–H groups in total. The van der Waals surface area contributed by atoms with Crippen molar-refractivity contribution in [1.82, 2.24) is 15.2 Å². The van der Waals surface area contributed by atoms with Gasteiger partial charge in [0.2, 0.25) is 11.8 Å². The minimum Gasteiger partial charge on any atom is -0.463 e. The summed E-state index contributed by atoms with van der Waals surface area (Å²) < 4.78 is 9.94. The summed E-state index contributed by atoms with van der Waals surface area (Å²) in [6.45, 7) is 1.68. The van der Waals surface area contributed by atoms with Crippen molar-refractivity contribution in [2.45, 2.75) is 13.5 Å². The number of aliphatic hydroxyl groups excluding tert-OH is 1. The van der Waals surface area contributed by atoms with Crippen LogP contribution in [-0.4, -0.2) is 32.9 Å². The summed E-state index contributed by atoms with van der Waals surface area (Å²) in [5.74, 6) is -0.161.